The van der Waals surface area contributed by atoms with E-state index in [0.29, 0.717) is 17.8 Å². The van der Waals surface area contributed by atoms with E-state index in [0.717, 1.165) is 24.6 Å². The maximum Gasteiger partial charge on any atom is 0.335 e. The van der Waals surface area contributed by atoms with Gasteiger partial charge in [0.05, 0.1) is 11.4 Å². The average molecular weight is 507 g/mol. The minimum Gasteiger partial charge on any atom is -0.493 e. The average Bonchev–Trinajstić information content (AvgIpc) is 2.63. The number of aromatic nitrogens is 2. The highest BCUT2D eigenvalue weighted by Crippen LogP contribution is 2.25. The van der Waals surface area contributed by atoms with E-state index >= 15 is 0 Å². The standard InChI is InChI=1S/C20H17Br2N3O3/c1-3-12-9-14(22)5-7-17(12)25-19(27)15(18(26)24-20(25)28)10-23-16-6-4-13(21)8-11(16)2/h4-10,27H,3H2,1-2H3,(H,24,26,28). The quantitative estimate of drug-likeness (QED) is 0.515. The molecule has 6 nitrogen and oxygen atoms in total. The van der Waals surface area contributed by atoms with Gasteiger partial charge in [-0.2, -0.15) is 0 Å². The van der Waals surface area contributed by atoms with Crippen LogP contribution >= 0.6 is 31.9 Å². The number of rotatable bonds is 4. The van der Waals surface area contributed by atoms with Gasteiger partial charge in [0.2, 0.25) is 5.88 Å². The van der Waals surface area contributed by atoms with Crippen molar-refractivity contribution < 1.29 is 5.11 Å². The van der Waals surface area contributed by atoms with Crippen LogP contribution in [0.25, 0.3) is 5.69 Å². The minimum absolute atomic E-state index is 0.0908. The van der Waals surface area contributed by atoms with E-state index in [2.05, 4.69) is 41.8 Å². The Morgan fingerprint density at radius 3 is 2.50 bits per heavy atom. The maximum atomic E-state index is 12.4. The number of benzene rings is 2. The van der Waals surface area contributed by atoms with Gasteiger partial charge >= 0.3 is 5.69 Å². The smallest absolute Gasteiger partial charge is 0.335 e. The van der Waals surface area contributed by atoms with E-state index < -0.39 is 17.1 Å². The van der Waals surface area contributed by atoms with Crippen molar-refractivity contribution in [1.29, 1.82) is 0 Å². The second-order valence-corrected chi connectivity index (χ2v) is 7.98. The van der Waals surface area contributed by atoms with Crippen LogP contribution < -0.4 is 11.2 Å². The number of aryl methyl sites for hydroxylation is 2. The molecular formula is C20H17Br2N3O3. The number of H-pyrrole nitrogens is 1. The molecule has 0 atom stereocenters. The molecule has 1 aromatic heterocycles. The van der Waals surface area contributed by atoms with Gasteiger partial charge in [-0.3, -0.25) is 14.8 Å². The highest BCUT2D eigenvalue weighted by molar-refractivity contribution is 9.10. The Kier molecular flexibility index (Phi) is 6.00. The molecule has 0 aliphatic rings. The normalized spacial score (nSPS) is 11.3. The monoisotopic (exact) mass is 505 g/mol. The molecule has 0 fully saturated rings. The molecule has 0 amide bonds. The van der Waals surface area contributed by atoms with Gasteiger partial charge in [0.15, 0.2) is 0 Å². The predicted molar refractivity (Wildman–Crippen MR) is 118 cm³/mol. The lowest BCUT2D eigenvalue weighted by Crippen LogP contribution is -2.31. The number of hydrogen-bond donors (Lipinski definition) is 2. The molecular weight excluding hydrogens is 490 g/mol. The van der Waals surface area contributed by atoms with Gasteiger partial charge in [0, 0.05) is 15.2 Å². The first-order valence-electron chi connectivity index (χ1n) is 8.49. The molecule has 0 saturated heterocycles. The molecule has 0 saturated carbocycles. The number of aliphatic imine (C=N–C) groups is 1. The molecule has 144 valence electrons. The van der Waals surface area contributed by atoms with Crippen molar-refractivity contribution in [2.24, 2.45) is 4.99 Å². The third kappa shape index (κ3) is 4.02. The van der Waals surface area contributed by atoms with Gasteiger partial charge in [-0.25, -0.2) is 9.36 Å². The van der Waals surface area contributed by atoms with E-state index in [4.69, 9.17) is 0 Å². The summed E-state index contributed by atoms with van der Waals surface area (Å²) in [6.07, 6.45) is 1.91. The van der Waals surface area contributed by atoms with Crippen molar-refractivity contribution in [1.82, 2.24) is 9.55 Å². The molecule has 1 heterocycles. The molecule has 0 aliphatic carbocycles. The molecule has 0 spiro atoms. The van der Waals surface area contributed by atoms with Gasteiger partial charge in [0.1, 0.15) is 5.56 Å². The number of nitrogens with zero attached hydrogens (tertiary/aromatic N) is 2. The van der Waals surface area contributed by atoms with Crippen LogP contribution in [0.4, 0.5) is 5.69 Å². The van der Waals surface area contributed by atoms with Crippen molar-refractivity contribution in [3.05, 3.63) is 82.9 Å². The molecule has 2 aromatic carbocycles. The van der Waals surface area contributed by atoms with Gasteiger partial charge in [-0.1, -0.05) is 38.8 Å². The van der Waals surface area contributed by atoms with E-state index in [9.17, 15) is 14.7 Å². The predicted octanol–water partition coefficient (Wildman–Crippen LogP) is 4.38. The minimum atomic E-state index is -0.712. The number of nitrogens with one attached hydrogen (secondary N) is 1. The van der Waals surface area contributed by atoms with Crippen LogP contribution in [0.2, 0.25) is 0 Å². The fourth-order valence-electron chi connectivity index (χ4n) is 2.83. The number of aromatic hydroxyl groups is 1. The Morgan fingerprint density at radius 1 is 1.14 bits per heavy atom. The fourth-order valence-corrected chi connectivity index (χ4v) is 3.72. The van der Waals surface area contributed by atoms with Crippen LogP contribution in [0, 0.1) is 6.92 Å². The van der Waals surface area contributed by atoms with Crippen LogP contribution in [-0.2, 0) is 6.42 Å². The zero-order valence-electron chi connectivity index (χ0n) is 15.2. The molecule has 0 bridgehead atoms. The third-order valence-corrected chi connectivity index (χ3v) is 5.26. The number of aromatic amines is 1. The molecule has 0 radical (unpaired) electrons. The second-order valence-electron chi connectivity index (χ2n) is 6.15. The summed E-state index contributed by atoms with van der Waals surface area (Å²) in [7, 11) is 0. The molecule has 3 rings (SSSR count). The molecule has 2 N–H and O–H groups in total. The van der Waals surface area contributed by atoms with Crippen LogP contribution in [0.15, 0.2) is 59.9 Å². The van der Waals surface area contributed by atoms with Gasteiger partial charge in [0.25, 0.3) is 5.56 Å². The fraction of sp³-hybridized carbons (Fsp3) is 0.150. The summed E-state index contributed by atoms with van der Waals surface area (Å²) in [5.41, 5.74) is 1.38. The zero-order valence-corrected chi connectivity index (χ0v) is 18.3. The van der Waals surface area contributed by atoms with Crippen LogP contribution in [-0.4, -0.2) is 20.9 Å². The van der Waals surface area contributed by atoms with E-state index in [1.54, 1.807) is 18.2 Å². The highest BCUT2D eigenvalue weighted by atomic mass is 79.9. The lowest BCUT2D eigenvalue weighted by molar-refractivity contribution is 0.429. The SMILES string of the molecule is CCc1cc(Br)ccc1-n1c(O)c(C=Nc2ccc(Br)cc2C)c(=O)[nH]c1=O. The number of hydrogen-bond acceptors (Lipinski definition) is 4. The first-order valence-corrected chi connectivity index (χ1v) is 10.1. The Bertz CT molecular complexity index is 1200. The van der Waals surface area contributed by atoms with Crippen molar-refractivity contribution in [3.8, 4) is 11.6 Å². The van der Waals surface area contributed by atoms with Crippen LogP contribution in [0.3, 0.4) is 0 Å². The Labute approximate surface area is 177 Å². The maximum absolute atomic E-state index is 12.4. The van der Waals surface area contributed by atoms with Crippen molar-refractivity contribution in [3.63, 3.8) is 0 Å². The van der Waals surface area contributed by atoms with Crippen LogP contribution in [0.5, 0.6) is 5.88 Å². The third-order valence-electron chi connectivity index (χ3n) is 4.28. The first-order chi connectivity index (χ1) is 13.3. The summed E-state index contributed by atoms with van der Waals surface area (Å²) in [5, 5.41) is 10.7. The van der Waals surface area contributed by atoms with Crippen molar-refractivity contribution >= 4 is 43.8 Å². The Hall–Kier alpha value is -2.45. The van der Waals surface area contributed by atoms with Gasteiger partial charge in [-0.15, -0.1) is 0 Å². The summed E-state index contributed by atoms with van der Waals surface area (Å²) >= 11 is 6.79. The van der Waals surface area contributed by atoms with E-state index in [1.165, 1.54) is 6.21 Å². The van der Waals surface area contributed by atoms with Crippen molar-refractivity contribution in [2.45, 2.75) is 20.3 Å². The summed E-state index contributed by atoms with van der Waals surface area (Å²) in [6, 6.07) is 10.9. The lowest BCUT2D eigenvalue weighted by atomic mass is 10.1. The van der Waals surface area contributed by atoms with Gasteiger partial charge < -0.3 is 5.11 Å². The topological polar surface area (TPSA) is 87.4 Å². The summed E-state index contributed by atoms with van der Waals surface area (Å²) in [6.45, 7) is 3.83. The Balaban J connectivity index is 2.17. The summed E-state index contributed by atoms with van der Waals surface area (Å²) < 4.78 is 2.86. The lowest BCUT2D eigenvalue weighted by Gasteiger charge is -2.13. The van der Waals surface area contributed by atoms with Gasteiger partial charge in [-0.05, 0) is 60.9 Å². The van der Waals surface area contributed by atoms with Crippen LogP contribution in [0.1, 0.15) is 23.6 Å². The molecule has 8 heteroatoms. The number of halogens is 2. The Morgan fingerprint density at radius 2 is 1.82 bits per heavy atom. The molecule has 0 aliphatic heterocycles. The summed E-state index contributed by atoms with van der Waals surface area (Å²) in [4.78, 5) is 31.3. The van der Waals surface area contributed by atoms with E-state index in [1.807, 2.05) is 32.0 Å². The van der Waals surface area contributed by atoms with Crippen molar-refractivity contribution in [2.75, 3.05) is 0 Å². The summed E-state index contributed by atoms with van der Waals surface area (Å²) in [5.74, 6) is -0.454. The zero-order chi connectivity index (χ0) is 20.4. The molecule has 28 heavy (non-hydrogen) atoms. The second kappa shape index (κ2) is 8.28. The van der Waals surface area contributed by atoms with E-state index in [-0.39, 0.29) is 5.56 Å². The largest absolute Gasteiger partial charge is 0.493 e. The molecule has 0 unspecified atom stereocenters. The molecule has 3 aromatic rings. The first kappa shape index (κ1) is 20.3. The highest BCUT2D eigenvalue weighted by Gasteiger charge is 2.16.